The zero-order chi connectivity index (χ0) is 13.2. The van der Waals surface area contributed by atoms with Crippen LogP contribution in [0, 0.1) is 5.82 Å². The van der Waals surface area contributed by atoms with Crippen molar-refractivity contribution in [2.45, 2.75) is 45.7 Å². The summed E-state index contributed by atoms with van der Waals surface area (Å²) in [6.07, 6.45) is 1.01. The van der Waals surface area contributed by atoms with Crippen LogP contribution in [0.1, 0.15) is 45.7 Å². The number of anilines is 1. The predicted molar refractivity (Wildman–Crippen MR) is 71.8 cm³/mol. The van der Waals surface area contributed by atoms with Gasteiger partial charge < -0.3 is 10.6 Å². The van der Waals surface area contributed by atoms with Gasteiger partial charge in [0.05, 0.1) is 0 Å². The lowest BCUT2D eigenvalue weighted by atomic mass is 9.96. The molecule has 0 bridgehead atoms. The molecular formula is C14H23FN2. The lowest BCUT2D eigenvalue weighted by molar-refractivity contribution is 0.468. The van der Waals surface area contributed by atoms with E-state index in [9.17, 15) is 4.39 Å². The van der Waals surface area contributed by atoms with Crippen LogP contribution >= 0.6 is 0 Å². The molecular weight excluding hydrogens is 215 g/mol. The molecule has 2 N–H and O–H groups in total. The van der Waals surface area contributed by atoms with Gasteiger partial charge in [-0.15, -0.1) is 0 Å². The van der Waals surface area contributed by atoms with Crippen molar-refractivity contribution in [2.24, 2.45) is 5.73 Å². The number of hydrogen-bond acceptors (Lipinski definition) is 2. The topological polar surface area (TPSA) is 29.3 Å². The third-order valence-corrected chi connectivity index (χ3v) is 3.61. The summed E-state index contributed by atoms with van der Waals surface area (Å²) in [6, 6.07) is 4.66. The SMILES string of the molecule is CCC(C)(C)N(C)c1ccc(F)cc1[C@H](C)N. The molecule has 0 aliphatic heterocycles. The molecule has 17 heavy (non-hydrogen) atoms. The second-order valence-corrected chi connectivity index (χ2v) is 5.22. The van der Waals surface area contributed by atoms with Crippen LogP contribution < -0.4 is 10.6 Å². The molecule has 0 aromatic heterocycles. The molecule has 0 aliphatic rings. The highest BCUT2D eigenvalue weighted by molar-refractivity contribution is 5.56. The van der Waals surface area contributed by atoms with Gasteiger partial charge in [-0.05, 0) is 51.0 Å². The van der Waals surface area contributed by atoms with Crippen molar-refractivity contribution >= 4 is 5.69 Å². The summed E-state index contributed by atoms with van der Waals surface area (Å²) in [5.74, 6) is -0.233. The first-order chi connectivity index (χ1) is 7.79. The maximum absolute atomic E-state index is 13.3. The molecule has 0 spiro atoms. The van der Waals surface area contributed by atoms with E-state index in [1.54, 1.807) is 0 Å². The first kappa shape index (κ1) is 14.0. The average Bonchev–Trinajstić information content (AvgIpc) is 2.28. The summed E-state index contributed by atoms with van der Waals surface area (Å²) in [5.41, 5.74) is 7.81. The minimum atomic E-state index is -0.233. The van der Waals surface area contributed by atoms with Crippen molar-refractivity contribution in [3.05, 3.63) is 29.6 Å². The maximum atomic E-state index is 13.3. The van der Waals surface area contributed by atoms with Crippen LogP contribution in [-0.2, 0) is 0 Å². The number of nitrogens with two attached hydrogens (primary N) is 1. The Labute approximate surface area is 104 Å². The molecule has 1 rings (SSSR count). The van der Waals surface area contributed by atoms with Gasteiger partial charge in [-0.3, -0.25) is 0 Å². The largest absolute Gasteiger partial charge is 0.369 e. The van der Waals surface area contributed by atoms with Crippen LogP contribution in [0.25, 0.3) is 0 Å². The Bertz CT molecular complexity index is 386. The van der Waals surface area contributed by atoms with Crippen LogP contribution in [0.3, 0.4) is 0 Å². The normalized spacial score (nSPS) is 13.6. The fourth-order valence-corrected chi connectivity index (χ4v) is 1.76. The smallest absolute Gasteiger partial charge is 0.123 e. The molecule has 0 saturated carbocycles. The Morgan fingerprint density at radius 1 is 1.41 bits per heavy atom. The van der Waals surface area contributed by atoms with Crippen LogP contribution in [0.2, 0.25) is 0 Å². The van der Waals surface area contributed by atoms with Gasteiger partial charge in [0.25, 0.3) is 0 Å². The standard InChI is InChI=1S/C14H23FN2/c1-6-14(3,4)17(5)13-8-7-11(15)9-12(13)10(2)16/h7-10H,6,16H2,1-5H3/t10-/m0/s1. The van der Waals surface area contributed by atoms with Gasteiger partial charge in [0.1, 0.15) is 5.82 Å². The van der Waals surface area contributed by atoms with Gasteiger partial charge >= 0.3 is 0 Å². The van der Waals surface area contributed by atoms with Crippen molar-refractivity contribution < 1.29 is 4.39 Å². The summed E-state index contributed by atoms with van der Waals surface area (Å²) in [5, 5.41) is 0. The molecule has 3 heteroatoms. The van der Waals surface area contributed by atoms with E-state index in [0.29, 0.717) is 0 Å². The average molecular weight is 238 g/mol. The number of halogens is 1. The van der Waals surface area contributed by atoms with Crippen molar-refractivity contribution in [1.29, 1.82) is 0 Å². The lowest BCUT2D eigenvalue weighted by Crippen LogP contribution is -2.41. The Kier molecular flexibility index (Phi) is 4.15. The predicted octanol–water partition coefficient (Wildman–Crippen LogP) is 3.47. The van der Waals surface area contributed by atoms with Gasteiger partial charge in [0.2, 0.25) is 0 Å². The van der Waals surface area contributed by atoms with E-state index >= 15 is 0 Å². The summed E-state index contributed by atoms with van der Waals surface area (Å²) >= 11 is 0. The van der Waals surface area contributed by atoms with Gasteiger partial charge in [0, 0.05) is 24.3 Å². The summed E-state index contributed by atoms with van der Waals surface area (Å²) < 4.78 is 13.3. The quantitative estimate of drug-likeness (QED) is 0.870. The molecule has 0 amide bonds. The highest BCUT2D eigenvalue weighted by Gasteiger charge is 2.24. The zero-order valence-corrected chi connectivity index (χ0v) is 11.4. The second-order valence-electron chi connectivity index (χ2n) is 5.22. The van der Waals surface area contributed by atoms with E-state index in [1.165, 1.54) is 12.1 Å². The molecule has 1 aromatic carbocycles. The highest BCUT2D eigenvalue weighted by Crippen LogP contribution is 2.31. The van der Waals surface area contributed by atoms with E-state index in [-0.39, 0.29) is 17.4 Å². The van der Waals surface area contributed by atoms with Crippen molar-refractivity contribution in [2.75, 3.05) is 11.9 Å². The van der Waals surface area contributed by atoms with Gasteiger partial charge in [-0.1, -0.05) is 6.92 Å². The van der Waals surface area contributed by atoms with E-state index in [0.717, 1.165) is 17.7 Å². The van der Waals surface area contributed by atoms with Crippen LogP contribution in [0.5, 0.6) is 0 Å². The lowest BCUT2D eigenvalue weighted by Gasteiger charge is -2.38. The van der Waals surface area contributed by atoms with Gasteiger partial charge in [-0.25, -0.2) is 4.39 Å². The molecule has 0 aliphatic carbocycles. The molecule has 96 valence electrons. The first-order valence-corrected chi connectivity index (χ1v) is 6.08. The molecule has 1 aromatic rings. The van der Waals surface area contributed by atoms with Crippen molar-refractivity contribution in [3.63, 3.8) is 0 Å². The molecule has 0 heterocycles. The molecule has 0 fully saturated rings. The van der Waals surface area contributed by atoms with E-state index < -0.39 is 0 Å². The number of benzene rings is 1. The van der Waals surface area contributed by atoms with Crippen molar-refractivity contribution in [3.8, 4) is 0 Å². The highest BCUT2D eigenvalue weighted by atomic mass is 19.1. The maximum Gasteiger partial charge on any atom is 0.123 e. The number of nitrogens with zero attached hydrogens (tertiary/aromatic N) is 1. The fraction of sp³-hybridized carbons (Fsp3) is 0.571. The van der Waals surface area contributed by atoms with Gasteiger partial charge in [-0.2, -0.15) is 0 Å². The van der Waals surface area contributed by atoms with Crippen LogP contribution in [0.4, 0.5) is 10.1 Å². The molecule has 2 nitrogen and oxygen atoms in total. The number of rotatable bonds is 4. The molecule has 0 radical (unpaired) electrons. The molecule has 1 atom stereocenters. The van der Waals surface area contributed by atoms with E-state index in [4.69, 9.17) is 5.73 Å². The Hall–Kier alpha value is -1.09. The molecule has 0 saturated heterocycles. The van der Waals surface area contributed by atoms with E-state index in [2.05, 4.69) is 25.7 Å². The Balaban J connectivity index is 3.22. The minimum absolute atomic E-state index is 0.0292. The summed E-state index contributed by atoms with van der Waals surface area (Å²) in [7, 11) is 2.03. The first-order valence-electron chi connectivity index (χ1n) is 6.08. The van der Waals surface area contributed by atoms with Crippen molar-refractivity contribution in [1.82, 2.24) is 0 Å². The summed E-state index contributed by atoms with van der Waals surface area (Å²) in [6.45, 7) is 8.36. The third kappa shape index (κ3) is 2.97. The molecule has 0 unspecified atom stereocenters. The monoisotopic (exact) mass is 238 g/mol. The zero-order valence-electron chi connectivity index (χ0n) is 11.4. The van der Waals surface area contributed by atoms with Crippen LogP contribution in [-0.4, -0.2) is 12.6 Å². The number of hydrogen-bond donors (Lipinski definition) is 1. The Morgan fingerprint density at radius 2 is 2.00 bits per heavy atom. The van der Waals surface area contributed by atoms with Gasteiger partial charge in [0.15, 0.2) is 0 Å². The minimum Gasteiger partial charge on any atom is -0.369 e. The third-order valence-electron chi connectivity index (χ3n) is 3.61. The summed E-state index contributed by atoms with van der Waals surface area (Å²) in [4.78, 5) is 2.17. The fourth-order valence-electron chi connectivity index (χ4n) is 1.76. The van der Waals surface area contributed by atoms with Crippen LogP contribution in [0.15, 0.2) is 18.2 Å². The van der Waals surface area contributed by atoms with E-state index in [1.807, 2.05) is 20.0 Å². The Morgan fingerprint density at radius 3 is 2.47 bits per heavy atom. The second kappa shape index (κ2) is 5.05.